The molecule has 0 spiro atoms. The molecule has 0 saturated carbocycles. The zero-order valence-electron chi connectivity index (χ0n) is 16.6. The molecule has 0 aliphatic rings. The molecule has 0 radical (unpaired) electrons. The van der Waals surface area contributed by atoms with Gasteiger partial charge in [-0.1, -0.05) is 6.92 Å². The highest BCUT2D eigenvalue weighted by Gasteiger charge is 2.50. The summed E-state index contributed by atoms with van der Waals surface area (Å²) in [6.45, 7) is 1.71. The Morgan fingerprint density at radius 1 is 1.00 bits per heavy atom. The number of oxazole rings is 1. The van der Waals surface area contributed by atoms with Crippen molar-refractivity contribution in [3.8, 4) is 17.2 Å². The van der Waals surface area contributed by atoms with Gasteiger partial charge in [-0.15, -0.1) is 24.9 Å². The fourth-order valence-electron chi connectivity index (χ4n) is 2.63. The maximum Gasteiger partial charge on any atom is 0.525 e. The van der Waals surface area contributed by atoms with E-state index in [1.54, 1.807) is 6.92 Å². The summed E-state index contributed by atoms with van der Waals surface area (Å²) in [5.74, 6) is -0.317. The highest BCUT2D eigenvalue weighted by Crippen LogP contribution is 2.40. The number of alkyl halides is 9. The van der Waals surface area contributed by atoms with E-state index in [9.17, 15) is 39.5 Å². The zero-order valence-corrected chi connectivity index (χ0v) is 18.3. The topological polar surface area (TPSA) is 44.5 Å². The Morgan fingerprint density at radius 3 is 2.32 bits per heavy atom. The van der Waals surface area contributed by atoms with Gasteiger partial charge in [-0.05, 0) is 53.9 Å². The summed E-state index contributed by atoms with van der Waals surface area (Å²) in [6.07, 6.45) is -14.7. The molecule has 0 saturated heterocycles. The first-order valence-corrected chi connectivity index (χ1v) is 10.9. The minimum atomic E-state index is -5.65. The molecular formula is C19H12F9NO3S2. The van der Waals surface area contributed by atoms with Crippen molar-refractivity contribution >= 4 is 34.6 Å². The van der Waals surface area contributed by atoms with Crippen molar-refractivity contribution in [2.24, 2.45) is 0 Å². The highest BCUT2D eigenvalue weighted by molar-refractivity contribution is 8.00. The standard InChI is InChI=1S/C19H12F9NO3S2/c1-2-33-14-7-9(31-17(21,22)16(20)32-18(23,24)25)3-5-11(14)15-29-12-8-10(34-19(26,27)28)4-6-13(12)30-15/h3-8,16H,2H2,1H3. The number of rotatable bonds is 8. The maximum absolute atomic E-state index is 13.7. The Bertz CT molecular complexity index is 1150. The summed E-state index contributed by atoms with van der Waals surface area (Å²) in [7, 11) is 0. The lowest BCUT2D eigenvalue weighted by molar-refractivity contribution is -0.411. The molecule has 1 unspecified atom stereocenters. The second-order valence-corrected chi connectivity index (χ2v) is 8.78. The van der Waals surface area contributed by atoms with Crippen molar-refractivity contribution in [1.82, 2.24) is 4.98 Å². The molecule has 186 valence electrons. The van der Waals surface area contributed by atoms with Crippen LogP contribution < -0.4 is 4.74 Å². The number of hydrogen-bond acceptors (Lipinski definition) is 6. The first-order valence-electron chi connectivity index (χ1n) is 9.06. The van der Waals surface area contributed by atoms with Gasteiger partial charge in [0.05, 0.1) is 5.56 Å². The van der Waals surface area contributed by atoms with E-state index in [0.717, 1.165) is 30.0 Å². The number of nitrogens with zero attached hydrogens (tertiary/aromatic N) is 1. The third-order valence-electron chi connectivity index (χ3n) is 3.83. The summed E-state index contributed by atoms with van der Waals surface area (Å²) in [4.78, 5) is 4.24. The number of hydrogen-bond donors (Lipinski definition) is 0. The summed E-state index contributed by atoms with van der Waals surface area (Å²) in [5, 5.41) is 0. The lowest BCUT2D eigenvalue weighted by Crippen LogP contribution is -2.41. The Morgan fingerprint density at radius 2 is 1.71 bits per heavy atom. The Hall–Kier alpha value is -2.26. The van der Waals surface area contributed by atoms with Crippen LogP contribution in [0, 0.1) is 0 Å². The van der Waals surface area contributed by atoms with Crippen molar-refractivity contribution < 1.29 is 53.4 Å². The molecule has 34 heavy (non-hydrogen) atoms. The number of benzene rings is 2. The SMILES string of the molecule is CCSc1cc(OC(F)(F)C(F)OC(F)(F)F)ccc1-c1nc2cc(SC(F)(F)F)ccc2o1. The van der Waals surface area contributed by atoms with Crippen LogP contribution in [0.5, 0.6) is 5.75 Å². The van der Waals surface area contributed by atoms with Gasteiger partial charge in [0.2, 0.25) is 5.89 Å². The summed E-state index contributed by atoms with van der Waals surface area (Å²) < 4.78 is 127. The first kappa shape index (κ1) is 26.3. The van der Waals surface area contributed by atoms with Gasteiger partial charge in [-0.25, -0.2) is 14.1 Å². The summed E-state index contributed by atoms with van der Waals surface area (Å²) in [6, 6.07) is 6.75. The van der Waals surface area contributed by atoms with Crippen molar-refractivity contribution in [2.75, 3.05) is 5.75 Å². The third kappa shape index (κ3) is 6.88. The van der Waals surface area contributed by atoms with Crippen LogP contribution in [-0.2, 0) is 4.74 Å². The molecule has 3 rings (SSSR count). The molecule has 0 aliphatic carbocycles. The van der Waals surface area contributed by atoms with Gasteiger partial charge in [0.15, 0.2) is 5.58 Å². The lowest BCUT2D eigenvalue weighted by atomic mass is 10.2. The zero-order chi connectivity index (χ0) is 25.3. The van der Waals surface area contributed by atoms with E-state index in [4.69, 9.17) is 4.42 Å². The van der Waals surface area contributed by atoms with Gasteiger partial charge in [0.1, 0.15) is 11.3 Å². The molecule has 0 amide bonds. The van der Waals surface area contributed by atoms with Gasteiger partial charge in [0.25, 0.3) is 0 Å². The van der Waals surface area contributed by atoms with Gasteiger partial charge in [-0.2, -0.15) is 22.0 Å². The van der Waals surface area contributed by atoms with Crippen LogP contribution in [0.2, 0.25) is 0 Å². The van der Waals surface area contributed by atoms with Crippen molar-refractivity contribution in [1.29, 1.82) is 0 Å². The van der Waals surface area contributed by atoms with E-state index in [1.165, 1.54) is 18.2 Å². The van der Waals surface area contributed by atoms with Gasteiger partial charge in [-0.3, -0.25) is 0 Å². The normalized spacial score (nSPS) is 13.9. The van der Waals surface area contributed by atoms with Crippen molar-refractivity contribution in [3.05, 3.63) is 36.4 Å². The van der Waals surface area contributed by atoms with Gasteiger partial charge >= 0.3 is 24.3 Å². The van der Waals surface area contributed by atoms with Crippen LogP contribution in [0.25, 0.3) is 22.6 Å². The van der Waals surface area contributed by atoms with Crippen LogP contribution in [0.3, 0.4) is 0 Å². The molecule has 0 N–H and O–H groups in total. The Balaban J connectivity index is 1.90. The van der Waals surface area contributed by atoms with Crippen LogP contribution in [0.4, 0.5) is 39.5 Å². The van der Waals surface area contributed by atoms with Crippen molar-refractivity contribution in [2.45, 2.75) is 41.1 Å². The minimum absolute atomic E-state index is 0.0535. The fourth-order valence-corrected chi connectivity index (χ4v) is 4.02. The number of aromatic nitrogens is 1. The third-order valence-corrected chi connectivity index (χ3v) is 5.49. The van der Waals surface area contributed by atoms with Gasteiger partial charge < -0.3 is 9.15 Å². The second-order valence-electron chi connectivity index (χ2n) is 6.33. The fraction of sp³-hybridized carbons (Fsp3) is 0.316. The first-order chi connectivity index (χ1) is 15.7. The monoisotopic (exact) mass is 537 g/mol. The van der Waals surface area contributed by atoms with Crippen LogP contribution in [0.15, 0.2) is 50.6 Å². The number of ether oxygens (including phenoxy) is 2. The molecule has 0 aliphatic heterocycles. The van der Waals surface area contributed by atoms with E-state index >= 15 is 0 Å². The minimum Gasteiger partial charge on any atom is -0.436 e. The summed E-state index contributed by atoms with van der Waals surface area (Å²) >= 11 is 0.754. The van der Waals surface area contributed by atoms with Gasteiger partial charge in [0, 0.05) is 9.79 Å². The van der Waals surface area contributed by atoms with Crippen LogP contribution in [-0.4, -0.2) is 35.1 Å². The number of halogens is 9. The quantitative estimate of drug-likeness (QED) is 0.214. The van der Waals surface area contributed by atoms with E-state index in [1.807, 2.05) is 0 Å². The van der Waals surface area contributed by atoms with E-state index in [0.29, 0.717) is 5.75 Å². The van der Waals surface area contributed by atoms with Crippen LogP contribution in [0.1, 0.15) is 6.92 Å². The molecule has 1 atom stereocenters. The van der Waals surface area contributed by atoms with Crippen LogP contribution >= 0.6 is 23.5 Å². The molecule has 0 bridgehead atoms. The lowest BCUT2D eigenvalue weighted by Gasteiger charge is -2.22. The average Bonchev–Trinajstić information content (AvgIpc) is 3.08. The average molecular weight is 537 g/mol. The smallest absolute Gasteiger partial charge is 0.436 e. The summed E-state index contributed by atoms with van der Waals surface area (Å²) in [5.41, 5.74) is -4.00. The van der Waals surface area contributed by atoms with E-state index < -0.39 is 30.1 Å². The molecule has 3 aromatic rings. The Kier molecular flexibility index (Phi) is 7.57. The molecule has 1 aromatic heterocycles. The van der Waals surface area contributed by atoms with Crippen molar-refractivity contribution in [3.63, 3.8) is 0 Å². The van der Waals surface area contributed by atoms with E-state index in [2.05, 4.69) is 14.5 Å². The van der Waals surface area contributed by atoms with E-state index in [-0.39, 0.29) is 44.1 Å². The predicted molar refractivity (Wildman–Crippen MR) is 105 cm³/mol. The molecule has 2 aromatic carbocycles. The second kappa shape index (κ2) is 9.77. The molecular weight excluding hydrogens is 525 g/mol. The molecule has 15 heteroatoms. The number of fused-ring (bicyclic) bond motifs is 1. The predicted octanol–water partition coefficient (Wildman–Crippen LogP) is 8.02. The molecule has 1 heterocycles. The molecule has 4 nitrogen and oxygen atoms in total. The number of thioether (sulfide) groups is 2. The highest BCUT2D eigenvalue weighted by atomic mass is 32.2. The maximum atomic E-state index is 13.7. The molecule has 0 fully saturated rings. The largest absolute Gasteiger partial charge is 0.525 e. The Labute approximate surface area is 193 Å².